The van der Waals surface area contributed by atoms with Crippen molar-refractivity contribution in [3.05, 3.63) is 70.3 Å². The maximum atomic E-state index is 12.7. The molecule has 0 aliphatic rings. The van der Waals surface area contributed by atoms with E-state index >= 15 is 0 Å². The zero-order valence-corrected chi connectivity index (χ0v) is 19.3. The van der Waals surface area contributed by atoms with E-state index in [1.807, 2.05) is 57.2 Å². The second kappa shape index (κ2) is 9.55. The lowest BCUT2D eigenvalue weighted by atomic mass is 9.98. The molecule has 2 aromatic heterocycles. The van der Waals surface area contributed by atoms with Crippen LogP contribution in [-0.2, 0) is 16.0 Å². The smallest absolute Gasteiger partial charge is 0.339 e. The van der Waals surface area contributed by atoms with Crippen molar-refractivity contribution in [2.24, 2.45) is 5.92 Å². The summed E-state index contributed by atoms with van der Waals surface area (Å²) < 4.78 is 11.3. The number of furan rings is 1. The van der Waals surface area contributed by atoms with Crippen molar-refractivity contribution in [3.63, 3.8) is 0 Å². The summed E-state index contributed by atoms with van der Waals surface area (Å²) in [7, 11) is 0. The first-order valence-corrected chi connectivity index (χ1v) is 11.3. The highest BCUT2D eigenvalue weighted by molar-refractivity contribution is 6.02. The monoisotopic (exact) mass is 460 g/mol. The maximum absolute atomic E-state index is 12.7. The fourth-order valence-electron chi connectivity index (χ4n) is 4.23. The first-order chi connectivity index (χ1) is 16.2. The average Bonchev–Trinajstić information content (AvgIpc) is 3.20. The lowest BCUT2D eigenvalue weighted by molar-refractivity contribution is -0.308. The van der Waals surface area contributed by atoms with Crippen LogP contribution in [0.15, 0.2) is 62.4 Å². The molecule has 0 bridgehead atoms. The Bertz CT molecular complexity index is 1410. The van der Waals surface area contributed by atoms with Crippen LogP contribution in [0.1, 0.15) is 37.8 Å². The first-order valence-electron chi connectivity index (χ1n) is 11.3. The normalized spacial score (nSPS) is 12.4. The molecule has 0 aliphatic carbocycles. The molecule has 4 aromatic rings. The first kappa shape index (κ1) is 23.3. The predicted molar refractivity (Wildman–Crippen MR) is 127 cm³/mol. The molecule has 7 nitrogen and oxygen atoms in total. The van der Waals surface area contributed by atoms with Crippen molar-refractivity contribution in [1.82, 2.24) is 5.32 Å². The van der Waals surface area contributed by atoms with Crippen LogP contribution in [0, 0.1) is 12.8 Å². The predicted octanol–water partition coefficient (Wildman–Crippen LogP) is 3.73. The zero-order chi connectivity index (χ0) is 24.4. The van der Waals surface area contributed by atoms with Crippen molar-refractivity contribution >= 4 is 33.8 Å². The molecular weight excluding hydrogens is 434 g/mol. The molecule has 7 heteroatoms. The van der Waals surface area contributed by atoms with Crippen LogP contribution in [-0.4, -0.2) is 17.9 Å². The van der Waals surface area contributed by atoms with E-state index in [1.54, 1.807) is 12.3 Å². The van der Waals surface area contributed by atoms with Gasteiger partial charge in [0.05, 0.1) is 18.3 Å². The van der Waals surface area contributed by atoms with Crippen LogP contribution in [0.3, 0.4) is 0 Å². The van der Waals surface area contributed by atoms with E-state index in [2.05, 4.69) is 5.32 Å². The standard InChI is InChI=1S/C27H27NO6/c1-15(2)11-22(26(30)31)28-25(29)10-9-18-16(3)19-12-20-21(17-7-5-4-6-8-17)14-33-23(20)13-24(19)34-27(18)32/h4-8,12-15,22H,9-11H2,1-3H3,(H,28,29)(H,30,31)/p-1/t22-/m0/s1. The SMILES string of the molecule is Cc1c(CCC(=O)N[C@@H](CC(C)C)C(=O)[O-])c(=O)oc2cc3occ(-c4ccccc4)c3cc12. The average molecular weight is 461 g/mol. The van der Waals surface area contributed by atoms with Crippen molar-refractivity contribution in [2.75, 3.05) is 0 Å². The number of nitrogens with one attached hydrogen (secondary N) is 1. The maximum Gasteiger partial charge on any atom is 0.339 e. The quantitative estimate of drug-likeness (QED) is 0.401. The van der Waals surface area contributed by atoms with Gasteiger partial charge < -0.3 is 24.1 Å². The van der Waals surface area contributed by atoms with Gasteiger partial charge in [-0.05, 0) is 42.9 Å². The van der Waals surface area contributed by atoms with E-state index in [4.69, 9.17) is 8.83 Å². The Kier molecular flexibility index (Phi) is 6.54. The van der Waals surface area contributed by atoms with E-state index in [0.29, 0.717) is 16.7 Å². The molecule has 0 aliphatic heterocycles. The summed E-state index contributed by atoms with van der Waals surface area (Å²) in [6, 6.07) is 12.4. The van der Waals surface area contributed by atoms with Gasteiger partial charge in [0.25, 0.3) is 0 Å². The summed E-state index contributed by atoms with van der Waals surface area (Å²) in [5.41, 5.74) is 3.55. The molecule has 2 heterocycles. The van der Waals surface area contributed by atoms with Crippen LogP contribution in [0.4, 0.5) is 0 Å². The second-order valence-electron chi connectivity index (χ2n) is 8.92. The van der Waals surface area contributed by atoms with Gasteiger partial charge in [-0.3, -0.25) is 4.79 Å². The van der Waals surface area contributed by atoms with Crippen molar-refractivity contribution in [3.8, 4) is 11.1 Å². The molecule has 0 radical (unpaired) electrons. The van der Waals surface area contributed by atoms with Gasteiger partial charge >= 0.3 is 5.63 Å². The van der Waals surface area contributed by atoms with Gasteiger partial charge in [-0.25, -0.2) is 4.79 Å². The second-order valence-corrected chi connectivity index (χ2v) is 8.92. The third-order valence-electron chi connectivity index (χ3n) is 6.00. The number of carbonyl (C=O) groups is 2. The molecule has 0 saturated carbocycles. The molecule has 4 rings (SSSR count). The van der Waals surface area contributed by atoms with Crippen molar-refractivity contribution in [2.45, 2.75) is 46.1 Å². The lowest BCUT2D eigenvalue weighted by Crippen LogP contribution is -2.48. The van der Waals surface area contributed by atoms with Gasteiger partial charge in [-0.2, -0.15) is 0 Å². The van der Waals surface area contributed by atoms with E-state index in [-0.39, 0.29) is 25.2 Å². The van der Waals surface area contributed by atoms with Crippen LogP contribution in [0.25, 0.3) is 33.1 Å². The summed E-state index contributed by atoms with van der Waals surface area (Å²) >= 11 is 0. The zero-order valence-electron chi connectivity index (χ0n) is 19.3. The van der Waals surface area contributed by atoms with Crippen LogP contribution >= 0.6 is 0 Å². The Labute approximate surface area is 196 Å². The Morgan fingerprint density at radius 2 is 1.79 bits per heavy atom. The third kappa shape index (κ3) is 4.73. The summed E-state index contributed by atoms with van der Waals surface area (Å²) in [4.78, 5) is 36.4. The van der Waals surface area contributed by atoms with Gasteiger partial charge in [-0.15, -0.1) is 0 Å². The Hall–Kier alpha value is -3.87. The fraction of sp³-hybridized carbons (Fsp3) is 0.296. The molecule has 2 aromatic carbocycles. The van der Waals surface area contributed by atoms with Crippen LogP contribution in [0.5, 0.6) is 0 Å². The van der Waals surface area contributed by atoms with E-state index in [9.17, 15) is 19.5 Å². The summed E-state index contributed by atoms with van der Waals surface area (Å²) in [6.07, 6.45) is 2.05. The molecule has 0 saturated heterocycles. The number of carbonyl (C=O) groups excluding carboxylic acids is 2. The number of aliphatic carboxylic acids is 1. The molecule has 176 valence electrons. The number of rotatable bonds is 8. The van der Waals surface area contributed by atoms with Gasteiger partial charge in [-0.1, -0.05) is 44.2 Å². The highest BCUT2D eigenvalue weighted by Gasteiger charge is 2.19. The fourth-order valence-corrected chi connectivity index (χ4v) is 4.23. The number of hydrogen-bond donors (Lipinski definition) is 1. The molecule has 1 amide bonds. The minimum atomic E-state index is -1.32. The number of benzene rings is 2. The molecule has 0 spiro atoms. The molecule has 1 N–H and O–H groups in total. The van der Waals surface area contributed by atoms with Crippen LogP contribution < -0.4 is 16.0 Å². The Balaban J connectivity index is 1.63. The minimum Gasteiger partial charge on any atom is -0.548 e. The topological polar surface area (TPSA) is 113 Å². The van der Waals surface area contributed by atoms with Gasteiger partial charge in [0.15, 0.2) is 0 Å². The third-order valence-corrected chi connectivity index (χ3v) is 6.00. The minimum absolute atomic E-state index is 0.0395. The molecule has 0 unspecified atom stereocenters. The van der Waals surface area contributed by atoms with Crippen molar-refractivity contribution in [1.29, 1.82) is 0 Å². The van der Waals surface area contributed by atoms with Gasteiger partial charge in [0.1, 0.15) is 11.2 Å². The number of fused-ring (bicyclic) bond motifs is 2. The number of hydrogen-bond acceptors (Lipinski definition) is 6. The molecule has 34 heavy (non-hydrogen) atoms. The Morgan fingerprint density at radius 3 is 2.47 bits per heavy atom. The van der Waals surface area contributed by atoms with Crippen molar-refractivity contribution < 1.29 is 23.5 Å². The molecule has 1 atom stereocenters. The lowest BCUT2D eigenvalue weighted by Gasteiger charge is -2.21. The number of carboxylic acids is 1. The summed E-state index contributed by atoms with van der Waals surface area (Å²) in [6.45, 7) is 5.56. The number of amides is 1. The van der Waals surface area contributed by atoms with E-state index < -0.39 is 23.5 Å². The summed E-state index contributed by atoms with van der Waals surface area (Å²) in [5, 5.41) is 15.5. The summed E-state index contributed by atoms with van der Waals surface area (Å²) in [5.74, 6) is -1.69. The number of carboxylic acid groups (broad SMARTS) is 1. The van der Waals surface area contributed by atoms with Gasteiger partial charge in [0, 0.05) is 34.4 Å². The molecular formula is C27H26NO6-. The molecule has 0 fully saturated rings. The van der Waals surface area contributed by atoms with E-state index in [0.717, 1.165) is 27.5 Å². The Morgan fingerprint density at radius 1 is 1.06 bits per heavy atom. The van der Waals surface area contributed by atoms with E-state index in [1.165, 1.54) is 0 Å². The van der Waals surface area contributed by atoms with Gasteiger partial charge in [0.2, 0.25) is 5.91 Å². The highest BCUT2D eigenvalue weighted by atomic mass is 16.4. The van der Waals surface area contributed by atoms with Crippen LogP contribution in [0.2, 0.25) is 0 Å². The highest BCUT2D eigenvalue weighted by Crippen LogP contribution is 2.34. The number of aryl methyl sites for hydroxylation is 1. The largest absolute Gasteiger partial charge is 0.548 e.